The monoisotopic (exact) mass is 354 g/mol. The van der Waals surface area contributed by atoms with Crippen LogP contribution in [0.2, 0.25) is 5.02 Å². The summed E-state index contributed by atoms with van der Waals surface area (Å²) >= 11 is 5.84. The van der Waals surface area contributed by atoms with Gasteiger partial charge in [-0.05, 0) is 48.4 Å². The van der Waals surface area contributed by atoms with Crippen molar-refractivity contribution in [2.75, 3.05) is 0 Å². The first kappa shape index (κ1) is 16.9. The molecule has 0 spiro atoms. The van der Waals surface area contributed by atoms with E-state index < -0.39 is 5.97 Å². The van der Waals surface area contributed by atoms with Gasteiger partial charge in [-0.2, -0.15) is 0 Å². The lowest BCUT2D eigenvalue weighted by molar-refractivity contribution is -0.139. The predicted molar refractivity (Wildman–Crippen MR) is 94.8 cm³/mol. The zero-order chi connectivity index (χ0) is 17.6. The number of carbonyl (C=O) groups is 1. The van der Waals surface area contributed by atoms with Gasteiger partial charge in [0.15, 0.2) is 6.61 Å². The highest BCUT2D eigenvalue weighted by Crippen LogP contribution is 2.20. The van der Waals surface area contributed by atoms with Crippen LogP contribution in [0.25, 0.3) is 17.5 Å². The van der Waals surface area contributed by atoms with Gasteiger partial charge in [-0.3, -0.25) is 0 Å². The third-order valence-corrected chi connectivity index (χ3v) is 3.74. The number of rotatable bonds is 5. The Bertz CT molecular complexity index is 901. The summed E-state index contributed by atoms with van der Waals surface area (Å²) in [6.07, 6.45) is 3.09. The highest BCUT2D eigenvalue weighted by molar-refractivity contribution is 6.30. The molecule has 0 N–H and O–H groups in total. The van der Waals surface area contributed by atoms with Gasteiger partial charge in [0.05, 0.1) is 0 Å². The highest BCUT2D eigenvalue weighted by atomic mass is 35.5. The van der Waals surface area contributed by atoms with Crippen LogP contribution in [-0.4, -0.2) is 16.2 Å². The van der Waals surface area contributed by atoms with Crippen molar-refractivity contribution < 1.29 is 13.9 Å². The number of hydrogen-bond donors (Lipinski definition) is 0. The van der Waals surface area contributed by atoms with Crippen LogP contribution in [0, 0.1) is 6.92 Å². The first-order chi connectivity index (χ1) is 12.1. The number of benzene rings is 2. The van der Waals surface area contributed by atoms with Crippen molar-refractivity contribution in [3.05, 3.63) is 76.6 Å². The first-order valence-electron chi connectivity index (χ1n) is 7.60. The summed E-state index contributed by atoms with van der Waals surface area (Å²) < 4.78 is 10.6. The Morgan fingerprint density at radius 2 is 1.92 bits per heavy atom. The number of hydrogen-bond acceptors (Lipinski definition) is 5. The van der Waals surface area contributed by atoms with E-state index in [1.54, 1.807) is 30.3 Å². The van der Waals surface area contributed by atoms with Crippen molar-refractivity contribution in [3.8, 4) is 11.5 Å². The summed E-state index contributed by atoms with van der Waals surface area (Å²) in [5.74, 6) is 0.0928. The molecule has 0 atom stereocenters. The van der Waals surface area contributed by atoms with Crippen molar-refractivity contribution in [1.29, 1.82) is 0 Å². The van der Waals surface area contributed by atoms with Gasteiger partial charge in [0.25, 0.3) is 5.89 Å². The van der Waals surface area contributed by atoms with Crippen LogP contribution in [0.15, 0.2) is 59.0 Å². The minimum atomic E-state index is -0.477. The predicted octanol–water partition coefficient (Wildman–Crippen LogP) is 4.46. The Morgan fingerprint density at radius 1 is 1.16 bits per heavy atom. The van der Waals surface area contributed by atoms with Gasteiger partial charge in [-0.1, -0.05) is 35.9 Å². The van der Waals surface area contributed by atoms with E-state index in [1.165, 1.54) is 6.08 Å². The molecule has 5 nitrogen and oxygen atoms in total. The van der Waals surface area contributed by atoms with Gasteiger partial charge >= 0.3 is 5.97 Å². The third kappa shape index (κ3) is 4.55. The number of nitrogens with zero attached hydrogens (tertiary/aromatic N) is 2. The average molecular weight is 355 g/mol. The van der Waals surface area contributed by atoms with Crippen molar-refractivity contribution in [2.45, 2.75) is 13.5 Å². The molecule has 3 aromatic rings. The third-order valence-electron chi connectivity index (χ3n) is 3.48. The van der Waals surface area contributed by atoms with Crippen molar-refractivity contribution in [3.63, 3.8) is 0 Å². The van der Waals surface area contributed by atoms with E-state index in [2.05, 4.69) is 10.2 Å². The second-order valence-corrected chi connectivity index (χ2v) is 5.74. The Hall–Kier alpha value is -2.92. The molecule has 0 unspecified atom stereocenters. The Labute approximate surface area is 149 Å². The molecule has 1 heterocycles. The number of aromatic nitrogens is 2. The number of ether oxygens (including phenoxy) is 1. The van der Waals surface area contributed by atoms with Gasteiger partial charge in [-0.15, -0.1) is 10.2 Å². The molecule has 0 aliphatic carbocycles. The van der Waals surface area contributed by atoms with Crippen LogP contribution >= 0.6 is 11.6 Å². The lowest BCUT2D eigenvalue weighted by Gasteiger charge is -1.99. The topological polar surface area (TPSA) is 65.2 Å². The van der Waals surface area contributed by atoms with E-state index in [-0.39, 0.29) is 12.5 Å². The molecular weight excluding hydrogens is 340 g/mol. The van der Waals surface area contributed by atoms with Gasteiger partial charge in [0.2, 0.25) is 5.89 Å². The molecule has 1 aromatic heterocycles. The number of esters is 1. The lowest BCUT2D eigenvalue weighted by Crippen LogP contribution is -2.01. The van der Waals surface area contributed by atoms with Crippen LogP contribution in [-0.2, 0) is 16.1 Å². The largest absolute Gasteiger partial charge is 0.452 e. The molecular formula is C19H15ClN2O3. The molecule has 25 heavy (non-hydrogen) atoms. The van der Waals surface area contributed by atoms with Crippen LogP contribution in [0.4, 0.5) is 0 Å². The van der Waals surface area contributed by atoms with Gasteiger partial charge in [0.1, 0.15) is 0 Å². The minimum Gasteiger partial charge on any atom is -0.452 e. The maximum Gasteiger partial charge on any atom is 0.331 e. The summed E-state index contributed by atoms with van der Waals surface area (Å²) in [5, 5.41) is 8.42. The SMILES string of the molecule is Cc1ccccc1/C=C/C(=O)OCc1nnc(-c2ccc(Cl)cc2)o1. The number of halogens is 1. The Balaban J connectivity index is 1.58. The minimum absolute atomic E-state index is 0.0858. The van der Waals surface area contributed by atoms with Crippen LogP contribution in [0.3, 0.4) is 0 Å². The fraction of sp³-hybridized carbons (Fsp3) is 0.105. The van der Waals surface area contributed by atoms with Crippen LogP contribution in [0.1, 0.15) is 17.0 Å². The maximum absolute atomic E-state index is 11.8. The molecule has 0 aliphatic heterocycles. The molecule has 2 aromatic carbocycles. The van der Waals surface area contributed by atoms with E-state index in [4.69, 9.17) is 20.8 Å². The highest BCUT2D eigenvalue weighted by Gasteiger charge is 2.10. The zero-order valence-corrected chi connectivity index (χ0v) is 14.2. The van der Waals surface area contributed by atoms with Crippen LogP contribution < -0.4 is 0 Å². The number of aryl methyl sites for hydroxylation is 1. The summed E-state index contributed by atoms with van der Waals surface area (Å²) in [6, 6.07) is 14.8. The van der Waals surface area contributed by atoms with Crippen molar-refractivity contribution in [1.82, 2.24) is 10.2 Å². The molecule has 0 aliphatic rings. The molecule has 6 heteroatoms. The molecule has 0 bridgehead atoms. The van der Waals surface area contributed by atoms with Crippen LogP contribution in [0.5, 0.6) is 0 Å². The number of carbonyl (C=O) groups excluding carboxylic acids is 1. The van der Waals surface area contributed by atoms with Gasteiger partial charge in [-0.25, -0.2) is 4.79 Å². The second kappa shape index (κ2) is 7.77. The zero-order valence-electron chi connectivity index (χ0n) is 13.5. The molecule has 3 rings (SSSR count). The van der Waals surface area contributed by atoms with Crippen molar-refractivity contribution in [2.24, 2.45) is 0 Å². The van der Waals surface area contributed by atoms with Gasteiger partial charge in [0, 0.05) is 16.7 Å². The Morgan fingerprint density at radius 3 is 2.68 bits per heavy atom. The fourth-order valence-corrected chi connectivity index (χ4v) is 2.26. The summed E-state index contributed by atoms with van der Waals surface area (Å²) in [4.78, 5) is 11.8. The molecule has 0 saturated heterocycles. The fourth-order valence-electron chi connectivity index (χ4n) is 2.13. The molecule has 0 fully saturated rings. The standard InChI is InChI=1S/C19H15ClN2O3/c1-13-4-2-3-5-14(13)8-11-18(23)24-12-17-21-22-19(25-17)15-6-9-16(20)10-7-15/h2-11H,12H2,1H3/b11-8+. The van der Waals surface area contributed by atoms with E-state index in [0.717, 1.165) is 16.7 Å². The second-order valence-electron chi connectivity index (χ2n) is 5.31. The van der Waals surface area contributed by atoms with E-state index in [1.807, 2.05) is 31.2 Å². The van der Waals surface area contributed by atoms with Crippen molar-refractivity contribution >= 4 is 23.6 Å². The summed E-state index contributed by atoms with van der Waals surface area (Å²) in [5.41, 5.74) is 2.78. The molecule has 126 valence electrons. The quantitative estimate of drug-likeness (QED) is 0.500. The van der Waals surface area contributed by atoms with E-state index in [0.29, 0.717) is 10.9 Å². The van der Waals surface area contributed by atoms with E-state index >= 15 is 0 Å². The summed E-state index contributed by atoms with van der Waals surface area (Å²) in [6.45, 7) is 1.89. The summed E-state index contributed by atoms with van der Waals surface area (Å²) in [7, 11) is 0. The van der Waals surface area contributed by atoms with E-state index in [9.17, 15) is 4.79 Å². The molecule has 0 amide bonds. The molecule has 0 radical (unpaired) electrons. The average Bonchev–Trinajstić information content (AvgIpc) is 3.09. The molecule has 0 saturated carbocycles. The first-order valence-corrected chi connectivity index (χ1v) is 7.98. The lowest BCUT2D eigenvalue weighted by atomic mass is 10.1. The van der Waals surface area contributed by atoms with Gasteiger partial charge < -0.3 is 9.15 Å². The smallest absolute Gasteiger partial charge is 0.331 e. The Kier molecular flexibility index (Phi) is 5.26. The normalized spacial score (nSPS) is 11.0. The maximum atomic E-state index is 11.8.